The molecule has 0 aliphatic carbocycles. The standard InChI is InChI=1S/C52H37B5N6/c53-43-44(54)46(56)49(47(57)45(43)55)63-40-18-10-8-16-37(40)42-41(63)26-24-36-35-15-7-9-17-39(35)62(48(36)42)38-25-23-33(27-34(38)28-58)52-60-50(31-13-5-2-6-14-31)59-51(61-52)32-21-19-30(20-22-32)29-11-3-1-4-12-29/h1-27H,53-57H2. The second-order valence-corrected chi connectivity index (χ2v) is 16.5. The Bertz CT molecular complexity index is 3660. The van der Waals surface area contributed by atoms with Gasteiger partial charge in [-0.2, -0.15) is 5.26 Å². The lowest BCUT2D eigenvalue weighted by Gasteiger charge is -2.22. The SMILES string of the molecule is Bc1c(B)c(B)c(-n2c3ccccc3c3c2ccc2c4ccccc4n(-c4ccc(-c5nc(-c6ccccc6)nc(-c6ccc(-c7ccccc7)cc6)n5)cc4C#N)c23)c(B)c1B. The highest BCUT2D eigenvalue weighted by Crippen LogP contribution is 2.42. The van der Waals surface area contributed by atoms with Crippen molar-refractivity contribution in [1.29, 1.82) is 5.26 Å². The lowest BCUT2D eigenvalue weighted by atomic mass is 9.61. The summed E-state index contributed by atoms with van der Waals surface area (Å²) >= 11 is 0. The van der Waals surface area contributed by atoms with Crippen molar-refractivity contribution >= 4 is 110 Å². The molecule has 11 aromatic rings. The van der Waals surface area contributed by atoms with Gasteiger partial charge in [-0.3, -0.25) is 0 Å². The van der Waals surface area contributed by atoms with Crippen molar-refractivity contribution < 1.29 is 0 Å². The molecule has 0 aliphatic rings. The van der Waals surface area contributed by atoms with Crippen molar-refractivity contribution in [2.45, 2.75) is 0 Å². The fourth-order valence-electron chi connectivity index (χ4n) is 9.57. The van der Waals surface area contributed by atoms with E-state index in [0.717, 1.165) is 77.1 Å². The Balaban J connectivity index is 1.13. The molecule has 0 N–H and O–H groups in total. The van der Waals surface area contributed by atoms with Crippen LogP contribution in [0.3, 0.4) is 0 Å². The number of fused-ring (bicyclic) bond motifs is 7. The van der Waals surface area contributed by atoms with Gasteiger partial charge < -0.3 is 9.13 Å². The summed E-state index contributed by atoms with van der Waals surface area (Å²) in [6.45, 7) is 0. The molecule has 0 aliphatic heterocycles. The number of nitrogens with zero attached hydrogens (tertiary/aromatic N) is 6. The first-order chi connectivity index (χ1) is 30.8. The van der Waals surface area contributed by atoms with Crippen LogP contribution in [-0.4, -0.2) is 63.3 Å². The lowest BCUT2D eigenvalue weighted by molar-refractivity contribution is 1.07. The van der Waals surface area contributed by atoms with Crippen LogP contribution < -0.4 is 27.3 Å². The second kappa shape index (κ2) is 15.0. The summed E-state index contributed by atoms with van der Waals surface area (Å²) in [6.07, 6.45) is 0. The monoisotopic (exact) mass is 800 g/mol. The number of para-hydroxylation sites is 2. The van der Waals surface area contributed by atoms with Crippen LogP contribution in [0.2, 0.25) is 0 Å². The van der Waals surface area contributed by atoms with Gasteiger partial charge >= 0.3 is 0 Å². The van der Waals surface area contributed by atoms with Gasteiger partial charge in [0.2, 0.25) is 0 Å². The molecule has 0 saturated carbocycles. The van der Waals surface area contributed by atoms with Crippen LogP contribution in [0.1, 0.15) is 5.56 Å². The van der Waals surface area contributed by atoms with Crippen LogP contribution in [0.25, 0.3) is 100 Å². The Hall–Kier alpha value is -7.82. The number of hydrogen-bond acceptors (Lipinski definition) is 4. The van der Waals surface area contributed by atoms with E-state index in [1.54, 1.807) is 0 Å². The van der Waals surface area contributed by atoms with Gasteiger partial charge in [-0.1, -0.05) is 149 Å². The molecule has 11 rings (SSSR count). The molecule has 0 unspecified atom stereocenters. The van der Waals surface area contributed by atoms with E-state index >= 15 is 0 Å². The largest absolute Gasteiger partial charge is 0.310 e. The van der Waals surface area contributed by atoms with Crippen molar-refractivity contribution in [2.75, 3.05) is 0 Å². The maximum absolute atomic E-state index is 11.1. The Morgan fingerprint density at radius 3 is 1.51 bits per heavy atom. The third-order valence-electron chi connectivity index (χ3n) is 13.2. The minimum atomic E-state index is 0.496. The van der Waals surface area contributed by atoms with E-state index in [9.17, 15) is 5.26 Å². The number of rotatable bonds is 6. The van der Waals surface area contributed by atoms with Gasteiger partial charge in [0.25, 0.3) is 0 Å². The number of aromatic nitrogens is 5. The van der Waals surface area contributed by atoms with E-state index in [1.807, 2.05) is 60.7 Å². The maximum atomic E-state index is 11.1. The van der Waals surface area contributed by atoms with Gasteiger partial charge in [-0.05, 0) is 47.5 Å². The summed E-state index contributed by atoms with van der Waals surface area (Å²) in [5.41, 5.74) is 18.2. The molecule has 11 heteroatoms. The van der Waals surface area contributed by atoms with Gasteiger partial charge in [0.1, 0.15) is 45.3 Å². The quantitative estimate of drug-likeness (QED) is 0.240. The third kappa shape index (κ3) is 6.05. The van der Waals surface area contributed by atoms with Gasteiger partial charge in [0.15, 0.2) is 17.5 Å². The summed E-state index contributed by atoms with van der Waals surface area (Å²) in [6, 6.07) is 59.0. The topological polar surface area (TPSA) is 72.3 Å². The molecule has 63 heavy (non-hydrogen) atoms. The first-order valence-electron chi connectivity index (χ1n) is 21.4. The summed E-state index contributed by atoms with van der Waals surface area (Å²) in [5.74, 6) is 1.62. The highest BCUT2D eigenvalue weighted by molar-refractivity contribution is 6.68. The number of benzene rings is 8. The third-order valence-corrected chi connectivity index (χ3v) is 13.2. The summed E-state index contributed by atoms with van der Waals surface area (Å²) < 4.78 is 4.75. The fourth-order valence-corrected chi connectivity index (χ4v) is 9.57. The van der Waals surface area contributed by atoms with Crippen LogP contribution in [-0.2, 0) is 0 Å². The molecule has 0 radical (unpaired) electrons. The van der Waals surface area contributed by atoms with Gasteiger partial charge in [0.05, 0.1) is 33.3 Å². The average Bonchev–Trinajstić information content (AvgIpc) is 3.86. The van der Waals surface area contributed by atoms with E-state index < -0.39 is 0 Å². The zero-order valence-corrected chi connectivity index (χ0v) is 35.8. The van der Waals surface area contributed by atoms with Gasteiger partial charge in [0, 0.05) is 43.9 Å². The molecule has 0 fully saturated rings. The van der Waals surface area contributed by atoms with E-state index in [4.69, 9.17) is 15.0 Å². The molecular weight excluding hydrogens is 763 g/mol. The van der Waals surface area contributed by atoms with Crippen molar-refractivity contribution in [1.82, 2.24) is 24.1 Å². The molecular formula is C52H37B5N6. The van der Waals surface area contributed by atoms with Crippen LogP contribution in [0.5, 0.6) is 0 Å². The number of hydrogen-bond donors (Lipinski definition) is 0. The Kier molecular flexibility index (Phi) is 9.06. The molecule has 0 spiro atoms. The van der Waals surface area contributed by atoms with Crippen LogP contribution in [0.15, 0.2) is 164 Å². The summed E-state index contributed by atoms with van der Waals surface area (Å²) in [7, 11) is 11.2. The molecule has 3 heterocycles. The van der Waals surface area contributed by atoms with Crippen molar-refractivity contribution in [3.63, 3.8) is 0 Å². The molecule has 8 aromatic carbocycles. The summed E-state index contributed by atoms with van der Waals surface area (Å²) in [4.78, 5) is 15.1. The number of nitriles is 1. The Morgan fingerprint density at radius 1 is 0.397 bits per heavy atom. The normalized spacial score (nSPS) is 11.5. The van der Waals surface area contributed by atoms with E-state index in [-0.39, 0.29) is 0 Å². The molecule has 290 valence electrons. The fraction of sp³-hybridized carbons (Fsp3) is 0. The van der Waals surface area contributed by atoms with Crippen molar-refractivity contribution in [2.24, 2.45) is 0 Å². The second-order valence-electron chi connectivity index (χ2n) is 16.5. The summed E-state index contributed by atoms with van der Waals surface area (Å²) in [5, 5.41) is 15.6. The molecule has 0 atom stereocenters. The van der Waals surface area contributed by atoms with Gasteiger partial charge in [-0.25, -0.2) is 15.0 Å². The van der Waals surface area contributed by atoms with Crippen molar-refractivity contribution in [3.05, 3.63) is 169 Å². The highest BCUT2D eigenvalue weighted by atomic mass is 15.0. The maximum Gasteiger partial charge on any atom is 0.164 e. The van der Waals surface area contributed by atoms with Crippen LogP contribution >= 0.6 is 0 Å². The minimum Gasteiger partial charge on any atom is -0.310 e. The van der Waals surface area contributed by atoms with Crippen LogP contribution in [0, 0.1) is 11.3 Å². The predicted octanol–water partition coefficient (Wildman–Crippen LogP) is 3.90. The van der Waals surface area contributed by atoms with Crippen LogP contribution in [0.4, 0.5) is 0 Å². The molecule has 6 nitrogen and oxygen atoms in total. The smallest absolute Gasteiger partial charge is 0.164 e. The van der Waals surface area contributed by atoms with E-state index in [2.05, 4.69) is 158 Å². The van der Waals surface area contributed by atoms with E-state index in [0.29, 0.717) is 23.0 Å². The van der Waals surface area contributed by atoms with Crippen molar-refractivity contribution in [3.8, 4) is 62.7 Å². The first kappa shape index (κ1) is 38.1. The Morgan fingerprint density at radius 2 is 0.873 bits per heavy atom. The zero-order chi connectivity index (χ0) is 42.9. The minimum absolute atomic E-state index is 0.496. The molecule has 0 bridgehead atoms. The lowest BCUT2D eigenvalue weighted by Crippen LogP contribution is -2.56. The van der Waals surface area contributed by atoms with E-state index in [1.165, 1.54) is 33.0 Å². The molecule has 0 saturated heterocycles. The average molecular weight is 800 g/mol. The Labute approximate surface area is 370 Å². The molecule has 0 amide bonds. The highest BCUT2D eigenvalue weighted by Gasteiger charge is 2.24. The zero-order valence-electron chi connectivity index (χ0n) is 35.8. The predicted molar refractivity (Wildman–Crippen MR) is 276 cm³/mol. The van der Waals surface area contributed by atoms with Gasteiger partial charge in [-0.15, -0.1) is 5.46 Å². The molecule has 3 aromatic heterocycles. The first-order valence-corrected chi connectivity index (χ1v) is 21.4.